The summed E-state index contributed by atoms with van der Waals surface area (Å²) in [5, 5.41) is 4.56. The topological polar surface area (TPSA) is 98.1 Å². The van der Waals surface area contributed by atoms with Crippen LogP contribution in [-0.2, 0) is 19.9 Å². The highest BCUT2D eigenvalue weighted by molar-refractivity contribution is 7.92. The predicted molar refractivity (Wildman–Crippen MR) is 91.5 cm³/mol. The van der Waals surface area contributed by atoms with Crippen molar-refractivity contribution < 1.29 is 16.8 Å². The van der Waals surface area contributed by atoms with Gasteiger partial charge in [0, 0.05) is 11.1 Å². The van der Waals surface area contributed by atoms with E-state index < -0.39 is 19.9 Å². The fourth-order valence-corrected chi connectivity index (χ4v) is 5.70. The predicted octanol–water partition coefficient (Wildman–Crippen LogP) is 2.01. The van der Waals surface area contributed by atoms with Gasteiger partial charge in [-0.3, -0.25) is 4.72 Å². The molecule has 0 unspecified atom stereocenters. The molecule has 0 aliphatic carbocycles. The summed E-state index contributed by atoms with van der Waals surface area (Å²) in [5.74, 6) is 0.284. The second-order valence-electron chi connectivity index (χ2n) is 5.74. The average Bonchev–Trinajstić information content (AvgIpc) is 3.01. The summed E-state index contributed by atoms with van der Waals surface area (Å²) in [6.45, 7) is 1.72. The molecule has 0 radical (unpaired) electrons. The molecule has 0 amide bonds. The van der Waals surface area contributed by atoms with Crippen molar-refractivity contribution in [2.75, 3.05) is 16.2 Å². The Bertz CT molecular complexity index is 983. The van der Waals surface area contributed by atoms with Crippen LogP contribution in [0.2, 0.25) is 5.02 Å². The van der Waals surface area contributed by atoms with Crippen molar-refractivity contribution in [3.05, 3.63) is 41.0 Å². The molecule has 1 aliphatic rings. The molecule has 0 spiro atoms. The third kappa shape index (κ3) is 3.57. The number of anilines is 1. The number of hydrogen-bond donors (Lipinski definition) is 1. The molecule has 1 atom stereocenters. The van der Waals surface area contributed by atoms with Crippen LogP contribution in [0, 0.1) is 6.92 Å². The molecular formula is C14H16ClN3O4S2. The SMILES string of the molecule is Cc1cc(NS(=O)(=O)c2cccc(Cl)c2)n([C@H]2CCS(=O)(=O)C2)n1. The molecule has 10 heteroatoms. The monoisotopic (exact) mass is 389 g/mol. The van der Waals surface area contributed by atoms with E-state index in [9.17, 15) is 16.8 Å². The molecule has 1 aliphatic heterocycles. The van der Waals surface area contributed by atoms with Gasteiger partial charge in [-0.15, -0.1) is 0 Å². The van der Waals surface area contributed by atoms with Gasteiger partial charge < -0.3 is 0 Å². The number of halogens is 1. The largest absolute Gasteiger partial charge is 0.264 e. The van der Waals surface area contributed by atoms with Gasteiger partial charge in [0.05, 0.1) is 28.1 Å². The minimum Gasteiger partial charge on any atom is -0.264 e. The van der Waals surface area contributed by atoms with Crippen molar-refractivity contribution in [1.29, 1.82) is 0 Å². The zero-order chi connectivity index (χ0) is 17.5. The van der Waals surface area contributed by atoms with Crippen LogP contribution in [0.1, 0.15) is 18.2 Å². The number of aromatic nitrogens is 2. The fourth-order valence-electron chi connectivity index (χ4n) is 2.67. The van der Waals surface area contributed by atoms with Gasteiger partial charge in [-0.05, 0) is 31.5 Å². The van der Waals surface area contributed by atoms with E-state index in [0.29, 0.717) is 17.1 Å². The number of sulfone groups is 1. The summed E-state index contributed by atoms with van der Waals surface area (Å²) in [6.07, 6.45) is 0.412. The van der Waals surface area contributed by atoms with E-state index in [1.807, 2.05) is 0 Å². The molecule has 0 saturated carbocycles. The average molecular weight is 390 g/mol. The van der Waals surface area contributed by atoms with Crippen molar-refractivity contribution in [1.82, 2.24) is 9.78 Å². The lowest BCUT2D eigenvalue weighted by Gasteiger charge is -2.14. The third-order valence-corrected chi connectivity index (χ3v) is 7.10. The molecule has 1 saturated heterocycles. The molecule has 1 aromatic carbocycles. The fraction of sp³-hybridized carbons (Fsp3) is 0.357. The lowest BCUT2D eigenvalue weighted by atomic mass is 10.3. The summed E-state index contributed by atoms with van der Waals surface area (Å²) >= 11 is 5.85. The molecule has 2 heterocycles. The highest BCUT2D eigenvalue weighted by Gasteiger charge is 2.32. The van der Waals surface area contributed by atoms with Gasteiger partial charge in [0.2, 0.25) is 0 Å². The minimum absolute atomic E-state index is 0.0273. The first-order valence-electron chi connectivity index (χ1n) is 7.21. The number of sulfonamides is 1. The first-order chi connectivity index (χ1) is 11.2. The second-order valence-corrected chi connectivity index (χ2v) is 10.1. The molecule has 1 N–H and O–H groups in total. The highest BCUT2D eigenvalue weighted by Crippen LogP contribution is 2.28. The standard InChI is InChI=1S/C14H16ClN3O4S2/c1-10-7-14(18(16-10)12-5-6-23(19,20)9-12)17-24(21,22)13-4-2-3-11(15)8-13/h2-4,7-8,12,17H,5-6,9H2,1H3/t12-/m0/s1. The van der Waals surface area contributed by atoms with Crippen molar-refractivity contribution in [3.8, 4) is 0 Å². The Kier molecular flexibility index (Phi) is 4.35. The van der Waals surface area contributed by atoms with Gasteiger partial charge >= 0.3 is 0 Å². The normalized spacial score (nSPS) is 20.2. The molecule has 7 nitrogen and oxygen atoms in total. The lowest BCUT2D eigenvalue weighted by molar-refractivity contribution is 0.503. The Morgan fingerprint density at radius 2 is 2.08 bits per heavy atom. The van der Waals surface area contributed by atoms with Crippen LogP contribution < -0.4 is 4.72 Å². The van der Waals surface area contributed by atoms with Gasteiger partial charge in [-0.25, -0.2) is 21.5 Å². The summed E-state index contributed by atoms with van der Waals surface area (Å²) in [6, 6.07) is 7.11. The van der Waals surface area contributed by atoms with Crippen LogP contribution in [0.25, 0.3) is 0 Å². The number of hydrogen-bond acceptors (Lipinski definition) is 5. The van der Waals surface area contributed by atoms with E-state index in [-0.39, 0.29) is 28.3 Å². The maximum Gasteiger partial charge on any atom is 0.263 e. The summed E-state index contributed by atoms with van der Waals surface area (Å²) < 4.78 is 52.3. The summed E-state index contributed by atoms with van der Waals surface area (Å²) in [7, 11) is -6.96. The zero-order valence-corrected chi connectivity index (χ0v) is 15.2. The Hall–Kier alpha value is -1.58. The van der Waals surface area contributed by atoms with Crippen molar-refractivity contribution in [2.24, 2.45) is 0 Å². The number of nitrogens with one attached hydrogen (secondary N) is 1. The van der Waals surface area contributed by atoms with E-state index in [4.69, 9.17) is 11.6 Å². The van der Waals surface area contributed by atoms with Gasteiger partial charge in [0.1, 0.15) is 5.82 Å². The first-order valence-corrected chi connectivity index (χ1v) is 10.9. The zero-order valence-electron chi connectivity index (χ0n) is 12.8. The van der Waals surface area contributed by atoms with Crippen LogP contribution in [0.5, 0.6) is 0 Å². The maximum atomic E-state index is 12.5. The molecule has 24 heavy (non-hydrogen) atoms. The second kappa shape index (κ2) is 6.05. The van der Waals surface area contributed by atoms with E-state index in [2.05, 4.69) is 9.82 Å². The molecular weight excluding hydrogens is 374 g/mol. The first kappa shape index (κ1) is 17.2. The van der Waals surface area contributed by atoms with Crippen LogP contribution in [0.4, 0.5) is 5.82 Å². The number of aryl methyl sites for hydroxylation is 1. The lowest BCUT2D eigenvalue weighted by Crippen LogP contribution is -2.20. The molecule has 1 aromatic heterocycles. The molecule has 2 aromatic rings. The Labute approximate surface area is 145 Å². The Balaban J connectivity index is 1.94. The molecule has 130 valence electrons. The smallest absolute Gasteiger partial charge is 0.263 e. The Morgan fingerprint density at radius 3 is 2.71 bits per heavy atom. The van der Waals surface area contributed by atoms with E-state index in [1.165, 1.54) is 16.8 Å². The van der Waals surface area contributed by atoms with E-state index in [1.54, 1.807) is 25.1 Å². The molecule has 0 bridgehead atoms. The van der Waals surface area contributed by atoms with Crippen molar-refractivity contribution >= 4 is 37.3 Å². The van der Waals surface area contributed by atoms with Crippen LogP contribution in [0.3, 0.4) is 0 Å². The summed E-state index contributed by atoms with van der Waals surface area (Å²) in [5.41, 5.74) is 0.600. The van der Waals surface area contributed by atoms with Crippen LogP contribution in [-0.4, -0.2) is 38.1 Å². The number of rotatable bonds is 4. The quantitative estimate of drug-likeness (QED) is 0.862. The van der Waals surface area contributed by atoms with Gasteiger partial charge in [0.15, 0.2) is 9.84 Å². The van der Waals surface area contributed by atoms with Gasteiger partial charge in [-0.2, -0.15) is 5.10 Å². The van der Waals surface area contributed by atoms with Crippen molar-refractivity contribution in [3.63, 3.8) is 0 Å². The highest BCUT2D eigenvalue weighted by atomic mass is 35.5. The maximum absolute atomic E-state index is 12.5. The van der Waals surface area contributed by atoms with E-state index in [0.717, 1.165) is 0 Å². The third-order valence-electron chi connectivity index (χ3n) is 3.76. The minimum atomic E-state index is -3.85. The Morgan fingerprint density at radius 1 is 1.33 bits per heavy atom. The van der Waals surface area contributed by atoms with Crippen LogP contribution in [0.15, 0.2) is 35.2 Å². The number of nitrogens with zero attached hydrogens (tertiary/aromatic N) is 2. The molecule has 1 fully saturated rings. The van der Waals surface area contributed by atoms with Crippen LogP contribution >= 0.6 is 11.6 Å². The summed E-state index contributed by atoms with van der Waals surface area (Å²) in [4.78, 5) is 0.0273. The number of benzene rings is 1. The van der Waals surface area contributed by atoms with E-state index >= 15 is 0 Å². The molecule has 3 rings (SSSR count). The van der Waals surface area contributed by atoms with Gasteiger partial charge in [0.25, 0.3) is 10.0 Å². The van der Waals surface area contributed by atoms with Gasteiger partial charge in [-0.1, -0.05) is 17.7 Å². The van der Waals surface area contributed by atoms with Crippen molar-refractivity contribution in [2.45, 2.75) is 24.3 Å².